The Morgan fingerprint density at radius 3 is 2.70 bits per heavy atom. The molecular formula is C18H24N2O3. The van der Waals surface area contributed by atoms with E-state index >= 15 is 0 Å². The highest BCUT2D eigenvalue weighted by Crippen LogP contribution is 2.25. The molecule has 0 aliphatic carbocycles. The van der Waals surface area contributed by atoms with Crippen molar-refractivity contribution in [1.82, 2.24) is 10.2 Å². The van der Waals surface area contributed by atoms with Gasteiger partial charge in [-0.1, -0.05) is 25.6 Å². The summed E-state index contributed by atoms with van der Waals surface area (Å²) in [5.74, 6) is -0.282. The number of carbonyl (C=O) groups excluding carboxylic acids is 2. The summed E-state index contributed by atoms with van der Waals surface area (Å²) >= 11 is 0. The van der Waals surface area contributed by atoms with Crippen molar-refractivity contribution in [3.63, 3.8) is 0 Å². The molecule has 2 rings (SSSR count). The third kappa shape index (κ3) is 4.42. The van der Waals surface area contributed by atoms with Crippen LogP contribution in [0.3, 0.4) is 0 Å². The first-order valence-corrected chi connectivity index (χ1v) is 7.98. The zero-order valence-corrected chi connectivity index (χ0v) is 13.5. The van der Waals surface area contributed by atoms with Gasteiger partial charge in [-0.05, 0) is 43.0 Å². The van der Waals surface area contributed by atoms with Crippen LogP contribution in [0.2, 0.25) is 0 Å². The van der Waals surface area contributed by atoms with Crippen molar-refractivity contribution < 1.29 is 14.7 Å². The van der Waals surface area contributed by atoms with Gasteiger partial charge in [0.05, 0.1) is 5.60 Å². The Morgan fingerprint density at radius 2 is 2.09 bits per heavy atom. The van der Waals surface area contributed by atoms with E-state index in [4.69, 9.17) is 0 Å². The minimum Gasteiger partial charge on any atom is -0.388 e. The Balaban J connectivity index is 1.99. The van der Waals surface area contributed by atoms with Crippen LogP contribution in [0.15, 0.2) is 36.9 Å². The van der Waals surface area contributed by atoms with E-state index < -0.39 is 5.60 Å². The van der Waals surface area contributed by atoms with Gasteiger partial charge >= 0.3 is 0 Å². The molecule has 2 N–H and O–H groups in total. The van der Waals surface area contributed by atoms with Gasteiger partial charge in [-0.25, -0.2) is 0 Å². The maximum absolute atomic E-state index is 12.6. The number of piperidine rings is 1. The largest absolute Gasteiger partial charge is 0.388 e. The van der Waals surface area contributed by atoms with Crippen molar-refractivity contribution in [2.75, 3.05) is 13.1 Å². The number of aliphatic hydroxyl groups is 1. The molecule has 2 amide bonds. The molecule has 124 valence electrons. The average molecular weight is 316 g/mol. The molecule has 23 heavy (non-hydrogen) atoms. The average Bonchev–Trinajstić information content (AvgIpc) is 2.59. The molecular weight excluding hydrogens is 292 g/mol. The fourth-order valence-electron chi connectivity index (χ4n) is 2.78. The second-order valence-electron chi connectivity index (χ2n) is 6.03. The fraction of sp³-hybridized carbons (Fsp3) is 0.444. The first-order chi connectivity index (χ1) is 11.0. The molecule has 1 aliphatic heterocycles. The van der Waals surface area contributed by atoms with Crippen molar-refractivity contribution in [1.29, 1.82) is 0 Å². The Kier molecular flexibility index (Phi) is 5.55. The molecule has 1 aliphatic rings. The van der Waals surface area contributed by atoms with Gasteiger partial charge in [-0.3, -0.25) is 9.59 Å². The zero-order valence-electron chi connectivity index (χ0n) is 13.5. The van der Waals surface area contributed by atoms with E-state index in [9.17, 15) is 14.7 Å². The summed E-state index contributed by atoms with van der Waals surface area (Å²) < 4.78 is 0. The lowest BCUT2D eigenvalue weighted by atomic mass is 9.90. The van der Waals surface area contributed by atoms with Crippen molar-refractivity contribution in [2.45, 2.75) is 38.3 Å². The summed E-state index contributed by atoms with van der Waals surface area (Å²) in [4.78, 5) is 25.4. The van der Waals surface area contributed by atoms with Gasteiger partial charge in [0.15, 0.2) is 0 Å². The lowest BCUT2D eigenvalue weighted by Crippen LogP contribution is -2.49. The quantitative estimate of drug-likeness (QED) is 0.815. The number of hydrogen-bond acceptors (Lipinski definition) is 3. The number of nitrogens with zero attached hydrogens (tertiary/aromatic N) is 1. The number of nitrogens with one attached hydrogen (secondary N) is 1. The Bertz CT molecular complexity index is 582. The second kappa shape index (κ2) is 7.42. The van der Waals surface area contributed by atoms with Crippen molar-refractivity contribution in [3.8, 4) is 0 Å². The Labute approximate surface area is 137 Å². The van der Waals surface area contributed by atoms with Crippen LogP contribution < -0.4 is 5.32 Å². The lowest BCUT2D eigenvalue weighted by Gasteiger charge is -2.38. The van der Waals surface area contributed by atoms with E-state index in [1.54, 1.807) is 17.0 Å². The smallest absolute Gasteiger partial charge is 0.253 e. The Hall–Kier alpha value is -2.14. The predicted octanol–water partition coefficient (Wildman–Crippen LogP) is 1.87. The van der Waals surface area contributed by atoms with Gasteiger partial charge in [0, 0.05) is 25.2 Å². The van der Waals surface area contributed by atoms with Crippen LogP contribution in [-0.4, -0.2) is 40.5 Å². The van der Waals surface area contributed by atoms with Gasteiger partial charge in [-0.2, -0.15) is 0 Å². The second-order valence-corrected chi connectivity index (χ2v) is 6.03. The minimum absolute atomic E-state index is 0.0572. The molecule has 1 aromatic rings. The normalized spacial score (nSPS) is 20.9. The summed E-state index contributed by atoms with van der Waals surface area (Å²) in [6.07, 6.45) is 3.44. The van der Waals surface area contributed by atoms with E-state index in [0.29, 0.717) is 31.6 Å². The summed E-state index contributed by atoms with van der Waals surface area (Å²) in [5.41, 5.74) is 0.757. The van der Waals surface area contributed by atoms with Gasteiger partial charge in [0.1, 0.15) is 0 Å². The van der Waals surface area contributed by atoms with Crippen LogP contribution >= 0.6 is 0 Å². The third-order valence-electron chi connectivity index (χ3n) is 4.35. The molecule has 0 spiro atoms. The van der Waals surface area contributed by atoms with Crippen molar-refractivity contribution in [2.24, 2.45) is 0 Å². The highest BCUT2D eigenvalue weighted by atomic mass is 16.3. The molecule has 0 saturated carbocycles. The van der Waals surface area contributed by atoms with Crippen LogP contribution in [0, 0.1) is 0 Å². The highest BCUT2D eigenvalue weighted by molar-refractivity contribution is 5.94. The molecule has 1 heterocycles. The van der Waals surface area contributed by atoms with Crippen LogP contribution in [-0.2, 0) is 11.3 Å². The van der Waals surface area contributed by atoms with Crippen LogP contribution in [0.25, 0.3) is 0 Å². The maximum Gasteiger partial charge on any atom is 0.253 e. The van der Waals surface area contributed by atoms with E-state index in [1.165, 1.54) is 6.08 Å². The zero-order chi connectivity index (χ0) is 16.9. The molecule has 1 unspecified atom stereocenters. The van der Waals surface area contributed by atoms with Crippen LogP contribution in [0.1, 0.15) is 42.1 Å². The molecule has 1 atom stereocenters. The van der Waals surface area contributed by atoms with Crippen LogP contribution in [0.5, 0.6) is 0 Å². The fourth-order valence-corrected chi connectivity index (χ4v) is 2.78. The molecule has 1 saturated heterocycles. The summed E-state index contributed by atoms with van der Waals surface area (Å²) in [6.45, 7) is 6.81. The van der Waals surface area contributed by atoms with E-state index in [0.717, 1.165) is 18.4 Å². The van der Waals surface area contributed by atoms with E-state index in [1.807, 2.05) is 19.1 Å². The Morgan fingerprint density at radius 1 is 1.39 bits per heavy atom. The van der Waals surface area contributed by atoms with Gasteiger partial charge in [0.25, 0.3) is 5.91 Å². The number of hydrogen-bond donors (Lipinski definition) is 2. The van der Waals surface area contributed by atoms with Crippen molar-refractivity contribution >= 4 is 11.8 Å². The van der Waals surface area contributed by atoms with Gasteiger partial charge in [0.2, 0.25) is 5.91 Å². The van der Waals surface area contributed by atoms with Gasteiger partial charge in [-0.15, -0.1) is 0 Å². The molecule has 5 nitrogen and oxygen atoms in total. The standard InChI is InChI=1S/C18H24N2O3/c1-3-16(21)19-12-14-6-8-15(9-7-14)17(22)20-11-5-10-18(23,4-2)13-20/h3,6-9,23H,1,4-5,10-13H2,2H3,(H,19,21). The third-order valence-corrected chi connectivity index (χ3v) is 4.35. The summed E-state index contributed by atoms with van der Waals surface area (Å²) in [7, 11) is 0. The van der Waals surface area contributed by atoms with Gasteiger partial charge < -0.3 is 15.3 Å². The first kappa shape index (κ1) is 17.2. The number of rotatable bonds is 5. The van der Waals surface area contributed by atoms with Crippen molar-refractivity contribution in [3.05, 3.63) is 48.0 Å². The molecule has 1 fully saturated rings. The number of β-amino-alcohol motifs (C(OH)–C–C–N with tert-alkyl or cyclic N) is 1. The topological polar surface area (TPSA) is 69.6 Å². The first-order valence-electron chi connectivity index (χ1n) is 7.98. The highest BCUT2D eigenvalue weighted by Gasteiger charge is 2.33. The predicted molar refractivity (Wildman–Crippen MR) is 88.9 cm³/mol. The van der Waals surface area contributed by atoms with Crippen LogP contribution in [0.4, 0.5) is 0 Å². The maximum atomic E-state index is 12.6. The molecule has 0 aromatic heterocycles. The SMILES string of the molecule is C=CC(=O)NCc1ccc(C(=O)N2CCCC(O)(CC)C2)cc1. The molecule has 0 radical (unpaired) electrons. The number of likely N-dealkylation sites (tertiary alicyclic amines) is 1. The lowest BCUT2D eigenvalue weighted by molar-refractivity contribution is -0.116. The summed E-state index contributed by atoms with van der Waals surface area (Å²) in [6, 6.07) is 7.17. The molecule has 5 heteroatoms. The number of benzene rings is 1. The molecule has 1 aromatic carbocycles. The number of amides is 2. The van der Waals surface area contributed by atoms with E-state index in [2.05, 4.69) is 11.9 Å². The monoisotopic (exact) mass is 316 g/mol. The number of carbonyl (C=O) groups is 2. The minimum atomic E-state index is -0.761. The summed E-state index contributed by atoms with van der Waals surface area (Å²) in [5, 5.41) is 13.1. The van der Waals surface area contributed by atoms with E-state index in [-0.39, 0.29) is 11.8 Å². The molecule has 0 bridgehead atoms.